The number of hydrogen-bond acceptors (Lipinski definition) is 11. The molecule has 7 N–H and O–H groups in total. The van der Waals surface area contributed by atoms with Crippen LogP contribution in [0, 0.1) is 0 Å². The lowest BCUT2D eigenvalue weighted by molar-refractivity contribution is -0.242. The number of ether oxygens (including phenoxy) is 2. The van der Waals surface area contributed by atoms with Crippen molar-refractivity contribution in [2.75, 3.05) is 6.61 Å². The summed E-state index contributed by atoms with van der Waals surface area (Å²) in [6.07, 6.45) is -6.29. The maximum Gasteiger partial charge on any atom is 0.239 e. The van der Waals surface area contributed by atoms with Crippen LogP contribution in [0.4, 0.5) is 0 Å². The van der Waals surface area contributed by atoms with E-state index in [2.05, 4.69) is 0 Å². The van der Waals surface area contributed by atoms with E-state index in [4.69, 9.17) is 13.9 Å². The standard InChI is InChI=1S/C20H18O11/c21-8-4-11(24)14-13(5-8)30-18(7-1-2-9(22)10(23)3-7)19(16(14)27)31-20-17(28)15(26)12(25)6-29-20/h1-5,12,15,17,20-26,28H,6H2/t12-,15+,17+,20+/m1/s1. The van der Waals surface area contributed by atoms with Gasteiger partial charge in [0.05, 0.1) is 6.61 Å². The first-order chi connectivity index (χ1) is 14.7. The highest BCUT2D eigenvalue weighted by molar-refractivity contribution is 5.88. The van der Waals surface area contributed by atoms with E-state index < -0.39 is 59.6 Å². The number of hydrogen-bond donors (Lipinski definition) is 7. The van der Waals surface area contributed by atoms with Crippen molar-refractivity contribution in [2.24, 2.45) is 0 Å². The zero-order valence-corrected chi connectivity index (χ0v) is 15.7. The van der Waals surface area contributed by atoms with Crippen molar-refractivity contribution in [1.82, 2.24) is 0 Å². The second-order valence-corrected chi connectivity index (χ2v) is 7.00. The van der Waals surface area contributed by atoms with Gasteiger partial charge in [-0.1, -0.05) is 0 Å². The van der Waals surface area contributed by atoms with Gasteiger partial charge in [-0.3, -0.25) is 4.79 Å². The molecule has 3 aromatic rings. The molecular formula is C20H18O11. The summed E-state index contributed by atoms with van der Waals surface area (Å²) in [6.45, 7) is -0.393. The molecule has 1 aromatic heterocycles. The van der Waals surface area contributed by atoms with Crippen molar-refractivity contribution in [3.8, 4) is 40.1 Å². The van der Waals surface area contributed by atoms with Gasteiger partial charge in [0.15, 0.2) is 17.3 Å². The predicted molar refractivity (Wildman–Crippen MR) is 103 cm³/mol. The highest BCUT2D eigenvalue weighted by atomic mass is 16.7. The molecule has 2 aromatic carbocycles. The van der Waals surface area contributed by atoms with Gasteiger partial charge in [-0.2, -0.15) is 0 Å². The van der Waals surface area contributed by atoms with Crippen molar-refractivity contribution >= 4 is 11.0 Å². The normalized spacial score (nSPS) is 23.7. The van der Waals surface area contributed by atoms with E-state index in [0.717, 1.165) is 24.3 Å². The summed E-state index contributed by atoms with van der Waals surface area (Å²) in [5, 5.41) is 68.6. The highest BCUT2D eigenvalue weighted by Crippen LogP contribution is 2.39. The van der Waals surface area contributed by atoms with Gasteiger partial charge in [-0.15, -0.1) is 0 Å². The fourth-order valence-corrected chi connectivity index (χ4v) is 3.23. The van der Waals surface area contributed by atoms with Crippen LogP contribution >= 0.6 is 0 Å². The number of aliphatic hydroxyl groups is 3. The first-order valence-electron chi connectivity index (χ1n) is 9.05. The van der Waals surface area contributed by atoms with E-state index in [1.165, 1.54) is 6.07 Å². The van der Waals surface area contributed by atoms with Gasteiger partial charge in [0.2, 0.25) is 17.5 Å². The number of rotatable bonds is 3. The molecule has 2 heterocycles. The van der Waals surface area contributed by atoms with Crippen molar-refractivity contribution in [3.05, 3.63) is 40.6 Å². The van der Waals surface area contributed by atoms with Gasteiger partial charge in [0.1, 0.15) is 40.8 Å². The molecular weight excluding hydrogens is 416 g/mol. The van der Waals surface area contributed by atoms with Gasteiger partial charge >= 0.3 is 0 Å². The van der Waals surface area contributed by atoms with Crippen LogP contribution in [-0.4, -0.2) is 67.0 Å². The lowest BCUT2D eigenvalue weighted by atomic mass is 10.1. The van der Waals surface area contributed by atoms with Gasteiger partial charge in [0, 0.05) is 17.7 Å². The molecule has 1 fully saturated rings. The maximum atomic E-state index is 13.1. The molecule has 11 heteroatoms. The molecule has 0 aliphatic carbocycles. The Balaban J connectivity index is 1.92. The minimum absolute atomic E-state index is 0.0676. The Kier molecular flexibility index (Phi) is 5.11. The first kappa shape index (κ1) is 20.8. The first-order valence-corrected chi connectivity index (χ1v) is 9.05. The Morgan fingerprint density at radius 2 is 1.65 bits per heavy atom. The smallest absolute Gasteiger partial charge is 0.239 e. The summed E-state index contributed by atoms with van der Waals surface area (Å²) >= 11 is 0. The van der Waals surface area contributed by atoms with Crippen LogP contribution in [0.1, 0.15) is 0 Å². The molecule has 1 saturated heterocycles. The lowest BCUT2D eigenvalue weighted by Crippen LogP contribution is -2.55. The predicted octanol–water partition coefficient (Wildman–Crippen LogP) is 0.100. The summed E-state index contributed by atoms with van der Waals surface area (Å²) in [7, 11) is 0. The summed E-state index contributed by atoms with van der Waals surface area (Å²) < 4.78 is 16.3. The summed E-state index contributed by atoms with van der Waals surface area (Å²) in [4.78, 5) is 13.1. The molecule has 1 aliphatic rings. The Labute approximate surface area is 173 Å². The zero-order chi connectivity index (χ0) is 22.4. The third kappa shape index (κ3) is 3.59. The highest BCUT2D eigenvalue weighted by Gasteiger charge is 2.40. The van der Waals surface area contributed by atoms with E-state index in [9.17, 15) is 40.5 Å². The minimum Gasteiger partial charge on any atom is -0.508 e. The van der Waals surface area contributed by atoms with Gasteiger partial charge < -0.3 is 49.6 Å². The SMILES string of the molecule is O=c1c(O[C@@H]2OC[C@@H](O)[C@H](O)[C@@H]2O)c(-c2ccc(O)c(O)c2)oc2cc(O)cc(O)c12. The second-order valence-electron chi connectivity index (χ2n) is 7.00. The summed E-state index contributed by atoms with van der Waals surface area (Å²) in [5.74, 6) is -2.79. The molecule has 0 bridgehead atoms. The largest absolute Gasteiger partial charge is 0.508 e. The zero-order valence-electron chi connectivity index (χ0n) is 15.7. The Hall–Kier alpha value is -3.51. The van der Waals surface area contributed by atoms with Crippen LogP contribution in [0.3, 0.4) is 0 Å². The summed E-state index contributed by atoms with van der Waals surface area (Å²) in [5.41, 5.74) is -1.05. The molecule has 164 valence electrons. The average Bonchev–Trinajstić information content (AvgIpc) is 2.71. The molecule has 4 atom stereocenters. The Morgan fingerprint density at radius 1 is 0.903 bits per heavy atom. The number of benzene rings is 2. The number of aromatic hydroxyl groups is 4. The van der Waals surface area contributed by atoms with Gasteiger partial charge in [-0.05, 0) is 18.2 Å². The van der Waals surface area contributed by atoms with Gasteiger partial charge in [-0.25, -0.2) is 0 Å². The minimum atomic E-state index is -1.73. The van der Waals surface area contributed by atoms with Crippen LogP contribution in [0.2, 0.25) is 0 Å². The van der Waals surface area contributed by atoms with Gasteiger partial charge in [0.25, 0.3) is 0 Å². The molecule has 0 radical (unpaired) electrons. The molecule has 0 amide bonds. The fraction of sp³-hybridized carbons (Fsp3) is 0.250. The van der Waals surface area contributed by atoms with Crippen molar-refractivity contribution in [1.29, 1.82) is 0 Å². The van der Waals surface area contributed by atoms with Crippen LogP contribution < -0.4 is 10.2 Å². The molecule has 4 rings (SSSR count). The third-order valence-electron chi connectivity index (χ3n) is 4.84. The van der Waals surface area contributed by atoms with Crippen molar-refractivity contribution in [2.45, 2.75) is 24.6 Å². The Morgan fingerprint density at radius 3 is 2.35 bits per heavy atom. The second kappa shape index (κ2) is 7.63. The van der Waals surface area contributed by atoms with Crippen LogP contribution in [0.5, 0.6) is 28.7 Å². The maximum absolute atomic E-state index is 13.1. The molecule has 0 saturated carbocycles. The number of aliphatic hydroxyl groups excluding tert-OH is 3. The van der Waals surface area contributed by atoms with Crippen molar-refractivity contribution < 1.29 is 49.6 Å². The molecule has 0 unspecified atom stereocenters. The van der Waals surface area contributed by atoms with E-state index in [-0.39, 0.29) is 28.0 Å². The average molecular weight is 434 g/mol. The van der Waals surface area contributed by atoms with E-state index in [1.54, 1.807) is 0 Å². The topological polar surface area (TPSA) is 190 Å². The molecule has 1 aliphatic heterocycles. The number of fused-ring (bicyclic) bond motifs is 1. The summed E-state index contributed by atoms with van der Waals surface area (Å²) in [6, 6.07) is 5.50. The van der Waals surface area contributed by atoms with Crippen LogP contribution in [-0.2, 0) is 4.74 Å². The van der Waals surface area contributed by atoms with E-state index >= 15 is 0 Å². The van der Waals surface area contributed by atoms with Crippen LogP contribution in [0.25, 0.3) is 22.3 Å². The Bertz CT molecular complexity index is 1200. The number of phenols is 4. The van der Waals surface area contributed by atoms with Crippen molar-refractivity contribution in [3.63, 3.8) is 0 Å². The monoisotopic (exact) mass is 434 g/mol. The third-order valence-corrected chi connectivity index (χ3v) is 4.84. The van der Waals surface area contributed by atoms with Crippen LogP contribution in [0.15, 0.2) is 39.5 Å². The molecule has 0 spiro atoms. The molecule has 11 nitrogen and oxygen atoms in total. The molecule has 31 heavy (non-hydrogen) atoms. The van der Waals surface area contributed by atoms with E-state index in [1.807, 2.05) is 0 Å². The van der Waals surface area contributed by atoms with E-state index in [0.29, 0.717) is 0 Å². The fourth-order valence-electron chi connectivity index (χ4n) is 3.23. The number of phenolic OH excluding ortho intramolecular Hbond substituents is 4. The lowest BCUT2D eigenvalue weighted by Gasteiger charge is -2.34. The quantitative estimate of drug-likeness (QED) is 0.277.